The van der Waals surface area contributed by atoms with Gasteiger partial charge in [0.2, 0.25) is 5.91 Å². The Kier molecular flexibility index (Phi) is 10.2. The Bertz CT molecular complexity index is 1100. The predicted octanol–water partition coefficient (Wildman–Crippen LogP) is 3.96. The van der Waals surface area contributed by atoms with Crippen LogP contribution in [0.2, 0.25) is 0 Å². The third-order valence-corrected chi connectivity index (χ3v) is 5.72. The second kappa shape index (κ2) is 13.6. The number of hydrogen-bond donors (Lipinski definition) is 4. The molecule has 0 heterocycles. The average molecular weight is 504 g/mol. The van der Waals surface area contributed by atoms with Crippen LogP contribution >= 0.6 is 0 Å². The highest BCUT2D eigenvalue weighted by atomic mass is 16.6. The van der Waals surface area contributed by atoms with Gasteiger partial charge in [0, 0.05) is 13.1 Å². The summed E-state index contributed by atoms with van der Waals surface area (Å²) in [6.45, 7) is 6.01. The van der Waals surface area contributed by atoms with Gasteiger partial charge in [-0.15, -0.1) is 0 Å². The Balaban J connectivity index is 1.81. The SMILES string of the molecule is CC(C)(C)OC(=O)N[C@@H](Cc1ccccc1)[C@H](O)[C@@H](NCc1ccccc1)C(=O)NCc1ccccc1. The molecule has 3 rings (SSSR count). The van der Waals surface area contributed by atoms with E-state index in [2.05, 4.69) is 16.0 Å². The van der Waals surface area contributed by atoms with Crippen molar-refractivity contribution in [3.05, 3.63) is 108 Å². The highest BCUT2D eigenvalue weighted by molar-refractivity contribution is 5.82. The number of carbonyl (C=O) groups is 2. The Morgan fingerprint density at radius 1 is 0.784 bits per heavy atom. The van der Waals surface area contributed by atoms with Gasteiger partial charge in [0.25, 0.3) is 0 Å². The number of aliphatic hydroxyl groups excluding tert-OH is 1. The quantitative estimate of drug-likeness (QED) is 0.318. The lowest BCUT2D eigenvalue weighted by atomic mass is 9.95. The molecule has 0 radical (unpaired) electrons. The van der Waals surface area contributed by atoms with Crippen molar-refractivity contribution in [2.45, 2.75) is 64.1 Å². The molecule has 2 amide bonds. The van der Waals surface area contributed by atoms with Gasteiger partial charge in [0.05, 0.1) is 12.1 Å². The molecule has 0 unspecified atom stereocenters. The van der Waals surface area contributed by atoms with Crippen LogP contribution in [0, 0.1) is 0 Å². The Morgan fingerprint density at radius 2 is 1.27 bits per heavy atom. The molecule has 0 aliphatic heterocycles. The summed E-state index contributed by atoms with van der Waals surface area (Å²) in [6.07, 6.45) is -1.58. The summed E-state index contributed by atoms with van der Waals surface area (Å²) in [7, 11) is 0. The van der Waals surface area contributed by atoms with E-state index in [1.54, 1.807) is 20.8 Å². The molecule has 4 N–H and O–H groups in total. The van der Waals surface area contributed by atoms with E-state index in [4.69, 9.17) is 4.74 Å². The van der Waals surface area contributed by atoms with Gasteiger partial charge in [0.1, 0.15) is 11.6 Å². The molecule has 3 aromatic rings. The molecule has 7 nitrogen and oxygen atoms in total. The first-order valence-corrected chi connectivity index (χ1v) is 12.5. The van der Waals surface area contributed by atoms with Crippen LogP contribution < -0.4 is 16.0 Å². The largest absolute Gasteiger partial charge is 0.444 e. The first-order chi connectivity index (χ1) is 17.7. The van der Waals surface area contributed by atoms with Crippen molar-refractivity contribution in [1.82, 2.24) is 16.0 Å². The second-order valence-electron chi connectivity index (χ2n) is 9.98. The van der Waals surface area contributed by atoms with Gasteiger partial charge in [-0.05, 0) is 43.9 Å². The molecule has 0 aliphatic rings. The molecule has 0 saturated heterocycles. The number of aliphatic hydroxyl groups is 1. The van der Waals surface area contributed by atoms with Gasteiger partial charge < -0.3 is 20.5 Å². The molecule has 196 valence electrons. The van der Waals surface area contributed by atoms with E-state index in [9.17, 15) is 14.7 Å². The molecule has 37 heavy (non-hydrogen) atoms. The molecule has 3 atom stereocenters. The van der Waals surface area contributed by atoms with Crippen molar-refractivity contribution in [2.75, 3.05) is 0 Å². The van der Waals surface area contributed by atoms with E-state index >= 15 is 0 Å². The van der Waals surface area contributed by atoms with Crippen LogP contribution in [-0.4, -0.2) is 40.9 Å². The number of nitrogens with one attached hydrogen (secondary N) is 3. The number of hydrogen-bond acceptors (Lipinski definition) is 5. The highest BCUT2D eigenvalue weighted by Gasteiger charge is 2.34. The summed E-state index contributed by atoms with van der Waals surface area (Å²) in [6, 6.07) is 26.9. The predicted molar refractivity (Wildman–Crippen MR) is 145 cm³/mol. The van der Waals surface area contributed by atoms with E-state index in [1.165, 1.54) is 0 Å². The number of amides is 2. The van der Waals surface area contributed by atoms with Crippen LogP contribution in [0.25, 0.3) is 0 Å². The maximum Gasteiger partial charge on any atom is 0.407 e. The van der Waals surface area contributed by atoms with Crippen molar-refractivity contribution in [3.63, 3.8) is 0 Å². The maximum atomic E-state index is 13.4. The minimum Gasteiger partial charge on any atom is -0.444 e. The van der Waals surface area contributed by atoms with Crippen LogP contribution in [-0.2, 0) is 29.0 Å². The van der Waals surface area contributed by atoms with Crippen molar-refractivity contribution in [2.24, 2.45) is 0 Å². The van der Waals surface area contributed by atoms with E-state index in [-0.39, 0.29) is 5.91 Å². The molecule has 0 aliphatic carbocycles. The number of carbonyl (C=O) groups excluding carboxylic acids is 2. The van der Waals surface area contributed by atoms with Crippen LogP contribution in [0.15, 0.2) is 91.0 Å². The number of ether oxygens (including phenoxy) is 1. The summed E-state index contributed by atoms with van der Waals surface area (Å²) in [5.41, 5.74) is 2.12. The zero-order valence-electron chi connectivity index (χ0n) is 21.7. The molecular formula is C30H37N3O4. The molecule has 0 spiro atoms. The zero-order valence-corrected chi connectivity index (χ0v) is 21.7. The molecule has 0 fully saturated rings. The first-order valence-electron chi connectivity index (χ1n) is 12.5. The fourth-order valence-electron chi connectivity index (χ4n) is 3.90. The number of benzene rings is 3. The standard InChI is InChI=1S/C30H37N3O4/c1-30(2,3)37-29(36)33-25(19-22-13-7-4-8-14-22)27(34)26(31-20-23-15-9-5-10-16-23)28(35)32-21-24-17-11-6-12-18-24/h4-18,25-27,31,34H,19-21H2,1-3H3,(H,32,35)(H,33,36)/t25-,26+,27-/m0/s1. The minimum atomic E-state index is -1.24. The normalized spacial score (nSPS) is 13.7. The van der Waals surface area contributed by atoms with E-state index in [1.807, 2.05) is 91.0 Å². The molecular weight excluding hydrogens is 466 g/mol. The van der Waals surface area contributed by atoms with Crippen molar-refractivity contribution < 1.29 is 19.4 Å². The van der Waals surface area contributed by atoms with E-state index in [0.717, 1.165) is 16.7 Å². The van der Waals surface area contributed by atoms with E-state index in [0.29, 0.717) is 19.5 Å². The first kappa shape index (κ1) is 27.9. The molecule has 0 saturated carbocycles. The smallest absolute Gasteiger partial charge is 0.407 e. The molecule has 7 heteroatoms. The van der Waals surface area contributed by atoms with Crippen molar-refractivity contribution in [3.8, 4) is 0 Å². The van der Waals surface area contributed by atoms with Gasteiger partial charge in [-0.25, -0.2) is 4.79 Å². The summed E-state index contributed by atoms with van der Waals surface area (Å²) >= 11 is 0. The van der Waals surface area contributed by atoms with Gasteiger partial charge in [-0.1, -0.05) is 91.0 Å². The Hall–Kier alpha value is -3.68. The van der Waals surface area contributed by atoms with Crippen molar-refractivity contribution in [1.29, 1.82) is 0 Å². The molecule has 3 aromatic carbocycles. The number of alkyl carbamates (subject to hydrolysis) is 1. The lowest BCUT2D eigenvalue weighted by Crippen LogP contribution is -2.59. The van der Waals surface area contributed by atoms with Gasteiger partial charge in [-0.2, -0.15) is 0 Å². The third-order valence-electron chi connectivity index (χ3n) is 5.72. The van der Waals surface area contributed by atoms with E-state index < -0.39 is 29.9 Å². The highest BCUT2D eigenvalue weighted by Crippen LogP contribution is 2.13. The van der Waals surface area contributed by atoms with Gasteiger partial charge >= 0.3 is 6.09 Å². The fourth-order valence-corrected chi connectivity index (χ4v) is 3.90. The van der Waals surface area contributed by atoms with Crippen LogP contribution in [0.4, 0.5) is 4.79 Å². The Labute approximate surface area is 219 Å². The average Bonchev–Trinajstić information content (AvgIpc) is 2.88. The maximum absolute atomic E-state index is 13.4. The van der Waals surface area contributed by atoms with Crippen LogP contribution in [0.5, 0.6) is 0 Å². The summed E-state index contributed by atoms with van der Waals surface area (Å²) in [5.74, 6) is -0.365. The second-order valence-corrected chi connectivity index (χ2v) is 9.98. The van der Waals surface area contributed by atoms with Gasteiger partial charge in [-0.3, -0.25) is 10.1 Å². The lowest BCUT2D eigenvalue weighted by Gasteiger charge is -2.31. The van der Waals surface area contributed by atoms with Crippen LogP contribution in [0.3, 0.4) is 0 Å². The topological polar surface area (TPSA) is 99.7 Å². The Morgan fingerprint density at radius 3 is 1.78 bits per heavy atom. The van der Waals surface area contributed by atoms with Crippen LogP contribution in [0.1, 0.15) is 37.5 Å². The summed E-state index contributed by atoms with van der Waals surface area (Å²) < 4.78 is 5.45. The summed E-state index contributed by atoms with van der Waals surface area (Å²) in [4.78, 5) is 26.1. The molecule has 0 aromatic heterocycles. The fraction of sp³-hybridized carbons (Fsp3) is 0.333. The summed E-state index contributed by atoms with van der Waals surface area (Å²) in [5, 5.41) is 20.5. The number of rotatable bonds is 11. The monoisotopic (exact) mass is 503 g/mol. The lowest BCUT2D eigenvalue weighted by molar-refractivity contribution is -0.126. The minimum absolute atomic E-state index is 0.316. The molecule has 0 bridgehead atoms. The zero-order chi connectivity index (χ0) is 26.7. The third kappa shape index (κ3) is 9.71. The van der Waals surface area contributed by atoms with Crippen molar-refractivity contribution >= 4 is 12.0 Å². The van der Waals surface area contributed by atoms with Gasteiger partial charge in [0.15, 0.2) is 0 Å².